The van der Waals surface area contributed by atoms with Crippen LogP contribution in [0.1, 0.15) is 19.3 Å². The summed E-state index contributed by atoms with van der Waals surface area (Å²) in [5.74, 6) is -0.00715. The van der Waals surface area contributed by atoms with E-state index < -0.39 is 0 Å². The zero-order valence-corrected chi connectivity index (χ0v) is 17.0. The van der Waals surface area contributed by atoms with E-state index in [0.29, 0.717) is 48.5 Å². The van der Waals surface area contributed by atoms with E-state index in [-0.39, 0.29) is 36.4 Å². The van der Waals surface area contributed by atoms with Crippen LogP contribution in [0.25, 0.3) is 10.9 Å². The third kappa shape index (κ3) is 4.11. The van der Waals surface area contributed by atoms with Gasteiger partial charge in [-0.05, 0) is 37.2 Å². The standard InChI is InChI=1S/C20H24N4O4S/c25-17(22-9-11-23(12-10-22)19(27)16-6-3-13-28-16)7-8-24-18(26)14-4-1-2-5-15(14)21-20(24)29/h1-2,4-5,16H,3,6-13H2,(H,21,29). The maximum Gasteiger partial charge on any atom is 0.262 e. The van der Waals surface area contributed by atoms with E-state index in [2.05, 4.69) is 4.98 Å². The summed E-state index contributed by atoms with van der Waals surface area (Å²) in [6.07, 6.45) is 1.57. The number of para-hydroxylation sites is 1. The molecule has 2 aromatic rings. The van der Waals surface area contributed by atoms with Gasteiger partial charge in [0.15, 0.2) is 4.77 Å². The second-order valence-electron chi connectivity index (χ2n) is 7.39. The number of nitrogens with one attached hydrogen (secondary N) is 1. The zero-order valence-electron chi connectivity index (χ0n) is 16.1. The number of carbonyl (C=O) groups excluding carboxylic acids is 2. The molecule has 0 radical (unpaired) electrons. The first-order chi connectivity index (χ1) is 14.0. The molecule has 29 heavy (non-hydrogen) atoms. The quantitative estimate of drug-likeness (QED) is 0.759. The minimum atomic E-state index is -0.321. The van der Waals surface area contributed by atoms with Crippen LogP contribution < -0.4 is 5.56 Å². The molecular formula is C20H24N4O4S. The van der Waals surface area contributed by atoms with Crippen LogP contribution in [0.3, 0.4) is 0 Å². The summed E-state index contributed by atoms with van der Waals surface area (Å²) in [7, 11) is 0. The van der Waals surface area contributed by atoms with Gasteiger partial charge in [0.2, 0.25) is 5.91 Å². The Morgan fingerprint density at radius 1 is 1.14 bits per heavy atom. The molecule has 2 fully saturated rings. The van der Waals surface area contributed by atoms with Crippen molar-refractivity contribution < 1.29 is 14.3 Å². The minimum Gasteiger partial charge on any atom is -0.368 e. The number of H-pyrrole nitrogens is 1. The number of rotatable bonds is 4. The average Bonchev–Trinajstić information content (AvgIpc) is 3.28. The van der Waals surface area contributed by atoms with Gasteiger partial charge in [-0.15, -0.1) is 0 Å². The van der Waals surface area contributed by atoms with E-state index in [4.69, 9.17) is 17.0 Å². The molecule has 0 bridgehead atoms. The van der Waals surface area contributed by atoms with Crippen LogP contribution in [0, 0.1) is 4.77 Å². The molecule has 1 atom stereocenters. The van der Waals surface area contributed by atoms with Crippen molar-refractivity contribution in [3.05, 3.63) is 39.4 Å². The highest BCUT2D eigenvalue weighted by Crippen LogP contribution is 2.16. The molecule has 154 valence electrons. The fraction of sp³-hybridized carbons (Fsp3) is 0.500. The monoisotopic (exact) mass is 416 g/mol. The Morgan fingerprint density at radius 2 is 1.86 bits per heavy atom. The summed E-state index contributed by atoms with van der Waals surface area (Å²) >= 11 is 5.30. The first-order valence-electron chi connectivity index (χ1n) is 9.94. The number of hydrogen-bond acceptors (Lipinski definition) is 5. The van der Waals surface area contributed by atoms with Crippen LogP contribution in [0.4, 0.5) is 0 Å². The number of amides is 2. The lowest BCUT2D eigenvalue weighted by molar-refractivity contribution is -0.146. The number of fused-ring (bicyclic) bond motifs is 1. The van der Waals surface area contributed by atoms with Crippen molar-refractivity contribution in [1.29, 1.82) is 0 Å². The van der Waals surface area contributed by atoms with Gasteiger partial charge in [-0.3, -0.25) is 19.0 Å². The average molecular weight is 417 g/mol. The van der Waals surface area contributed by atoms with Crippen LogP contribution in [-0.4, -0.2) is 70.1 Å². The van der Waals surface area contributed by atoms with Gasteiger partial charge in [-0.25, -0.2) is 0 Å². The molecule has 8 nitrogen and oxygen atoms in total. The number of nitrogens with zero attached hydrogens (tertiary/aromatic N) is 3. The summed E-state index contributed by atoms with van der Waals surface area (Å²) in [6.45, 7) is 2.90. The molecule has 0 spiro atoms. The molecule has 2 aliphatic rings. The van der Waals surface area contributed by atoms with Gasteiger partial charge in [0.25, 0.3) is 11.5 Å². The Kier molecular flexibility index (Phi) is 5.77. The summed E-state index contributed by atoms with van der Waals surface area (Å²) in [4.78, 5) is 44.3. The Labute approximate surface area is 173 Å². The second-order valence-corrected chi connectivity index (χ2v) is 7.78. The molecule has 1 aromatic carbocycles. The van der Waals surface area contributed by atoms with E-state index in [9.17, 15) is 14.4 Å². The first-order valence-corrected chi connectivity index (χ1v) is 10.4. The summed E-state index contributed by atoms with van der Waals surface area (Å²) in [5.41, 5.74) is 0.501. The molecule has 9 heteroatoms. The Morgan fingerprint density at radius 3 is 2.59 bits per heavy atom. The second kappa shape index (κ2) is 8.46. The molecule has 2 aliphatic heterocycles. The predicted octanol–water partition coefficient (Wildman–Crippen LogP) is 1.30. The van der Waals surface area contributed by atoms with Gasteiger partial charge in [0, 0.05) is 45.8 Å². The lowest BCUT2D eigenvalue weighted by Crippen LogP contribution is -2.53. The van der Waals surface area contributed by atoms with E-state index in [1.54, 1.807) is 28.0 Å². The minimum absolute atomic E-state index is 0.0311. The number of benzene rings is 1. The van der Waals surface area contributed by atoms with Crippen molar-refractivity contribution >= 4 is 34.9 Å². The van der Waals surface area contributed by atoms with Gasteiger partial charge < -0.3 is 19.5 Å². The molecule has 4 rings (SSSR count). The number of ether oxygens (including phenoxy) is 1. The first kappa shape index (κ1) is 19.8. The maximum atomic E-state index is 12.7. The number of hydrogen-bond donors (Lipinski definition) is 1. The predicted molar refractivity (Wildman–Crippen MR) is 110 cm³/mol. The molecule has 0 saturated carbocycles. The van der Waals surface area contributed by atoms with Gasteiger partial charge >= 0.3 is 0 Å². The largest absolute Gasteiger partial charge is 0.368 e. The zero-order chi connectivity index (χ0) is 20.4. The lowest BCUT2D eigenvalue weighted by atomic mass is 10.2. The van der Waals surface area contributed by atoms with Crippen molar-refractivity contribution in [3.8, 4) is 0 Å². The molecule has 1 unspecified atom stereocenters. The van der Waals surface area contributed by atoms with Crippen LogP contribution in [0.15, 0.2) is 29.1 Å². The normalized spacial score (nSPS) is 19.7. The highest BCUT2D eigenvalue weighted by molar-refractivity contribution is 7.71. The smallest absolute Gasteiger partial charge is 0.262 e. The molecule has 1 N–H and O–H groups in total. The molecular weight excluding hydrogens is 392 g/mol. The third-order valence-electron chi connectivity index (χ3n) is 5.59. The number of carbonyl (C=O) groups is 2. The van der Waals surface area contributed by atoms with E-state index in [0.717, 1.165) is 12.8 Å². The molecule has 0 aliphatic carbocycles. The molecule has 2 saturated heterocycles. The summed E-state index contributed by atoms with van der Waals surface area (Å²) in [6, 6.07) is 7.18. The van der Waals surface area contributed by atoms with Crippen molar-refractivity contribution in [2.45, 2.75) is 31.9 Å². The van der Waals surface area contributed by atoms with Gasteiger partial charge in [0.1, 0.15) is 6.10 Å². The SMILES string of the molecule is O=C(CCn1c(=S)[nH]c2ccccc2c1=O)N1CCN(C(=O)C2CCCO2)CC1. The summed E-state index contributed by atoms with van der Waals surface area (Å²) < 4.78 is 7.22. The summed E-state index contributed by atoms with van der Waals surface area (Å²) in [5, 5.41) is 0.551. The fourth-order valence-electron chi connectivity index (χ4n) is 3.92. The van der Waals surface area contributed by atoms with Gasteiger partial charge in [-0.2, -0.15) is 0 Å². The highest BCUT2D eigenvalue weighted by atomic mass is 32.1. The topological polar surface area (TPSA) is 87.6 Å². The van der Waals surface area contributed by atoms with E-state index >= 15 is 0 Å². The molecule has 3 heterocycles. The van der Waals surface area contributed by atoms with Crippen LogP contribution >= 0.6 is 12.2 Å². The fourth-order valence-corrected chi connectivity index (χ4v) is 4.20. The highest BCUT2D eigenvalue weighted by Gasteiger charge is 2.31. The van der Waals surface area contributed by atoms with Crippen LogP contribution in [-0.2, 0) is 20.9 Å². The Bertz CT molecular complexity index is 1030. The number of piperazine rings is 1. The third-order valence-corrected chi connectivity index (χ3v) is 5.91. The maximum absolute atomic E-state index is 12.7. The van der Waals surface area contributed by atoms with Crippen molar-refractivity contribution in [2.75, 3.05) is 32.8 Å². The Hall–Kier alpha value is -2.52. The van der Waals surface area contributed by atoms with Crippen LogP contribution in [0.5, 0.6) is 0 Å². The van der Waals surface area contributed by atoms with E-state index in [1.165, 1.54) is 4.57 Å². The van der Waals surface area contributed by atoms with Crippen molar-refractivity contribution in [1.82, 2.24) is 19.4 Å². The van der Waals surface area contributed by atoms with Crippen LogP contribution in [0.2, 0.25) is 0 Å². The Balaban J connectivity index is 1.35. The lowest BCUT2D eigenvalue weighted by Gasteiger charge is -2.35. The number of aromatic nitrogens is 2. The van der Waals surface area contributed by atoms with E-state index in [1.807, 2.05) is 6.07 Å². The van der Waals surface area contributed by atoms with Gasteiger partial charge in [-0.1, -0.05) is 12.1 Å². The number of aromatic amines is 1. The molecule has 2 amide bonds. The van der Waals surface area contributed by atoms with Crippen molar-refractivity contribution in [3.63, 3.8) is 0 Å². The van der Waals surface area contributed by atoms with Gasteiger partial charge in [0.05, 0.1) is 10.9 Å². The molecule has 1 aromatic heterocycles. The van der Waals surface area contributed by atoms with Crippen molar-refractivity contribution in [2.24, 2.45) is 0 Å².